The van der Waals surface area contributed by atoms with Crippen LogP contribution in [0.25, 0.3) is 0 Å². The molecule has 0 bridgehead atoms. The van der Waals surface area contributed by atoms with E-state index in [2.05, 4.69) is 45.9 Å². The van der Waals surface area contributed by atoms with Crippen LogP contribution < -0.4 is 5.30 Å². The van der Waals surface area contributed by atoms with Gasteiger partial charge in [-0.05, 0) is 22.7 Å². The molecule has 1 heteroatoms. The van der Waals surface area contributed by atoms with E-state index in [1.165, 1.54) is 5.30 Å². The molecule has 1 rings (SSSR count). The second-order valence-electron chi connectivity index (χ2n) is 3.84. The second kappa shape index (κ2) is 4.77. The topological polar surface area (TPSA) is 0 Å². The number of hydrogen-bond acceptors (Lipinski definition) is 0. The summed E-state index contributed by atoms with van der Waals surface area (Å²) in [5, 5.41) is 1.42. The zero-order valence-corrected chi connectivity index (χ0v) is 9.81. The van der Waals surface area contributed by atoms with Gasteiger partial charge in [0.1, 0.15) is 0 Å². The summed E-state index contributed by atoms with van der Waals surface area (Å²) in [4.78, 5) is 0. The second-order valence-corrected chi connectivity index (χ2v) is 7.20. The third-order valence-electron chi connectivity index (χ3n) is 2.08. The molecule has 0 unspecified atom stereocenters. The van der Waals surface area contributed by atoms with Gasteiger partial charge in [-0.15, -0.1) is 0 Å². The molecule has 71 valence electrons. The fourth-order valence-corrected chi connectivity index (χ4v) is 4.48. The van der Waals surface area contributed by atoms with Crippen molar-refractivity contribution in [1.29, 1.82) is 0 Å². The molecular formula is C12H18P. The highest BCUT2D eigenvalue weighted by Crippen LogP contribution is 2.44. The fraction of sp³-hybridized carbons (Fsp3) is 0.500. The molecule has 0 fully saturated rings. The van der Waals surface area contributed by atoms with E-state index in [0.717, 1.165) is 11.3 Å². The largest absolute Gasteiger partial charge is 0.0694 e. The van der Waals surface area contributed by atoms with E-state index in [1.54, 1.807) is 0 Å². The van der Waals surface area contributed by atoms with Gasteiger partial charge in [0.15, 0.2) is 0 Å². The van der Waals surface area contributed by atoms with Crippen molar-refractivity contribution in [2.75, 3.05) is 0 Å². The number of hydrogen-bond donors (Lipinski definition) is 0. The van der Waals surface area contributed by atoms with Gasteiger partial charge in [0.2, 0.25) is 0 Å². The molecule has 0 aliphatic rings. The lowest BCUT2D eigenvalue weighted by Crippen LogP contribution is -2.14. The first-order valence-electron chi connectivity index (χ1n) is 4.88. The van der Waals surface area contributed by atoms with Crippen LogP contribution in [0.2, 0.25) is 0 Å². The van der Waals surface area contributed by atoms with Gasteiger partial charge in [-0.2, -0.15) is 0 Å². The van der Waals surface area contributed by atoms with E-state index in [0.29, 0.717) is 0 Å². The highest BCUT2D eigenvalue weighted by atomic mass is 31.1. The Morgan fingerprint density at radius 2 is 1.69 bits per heavy atom. The van der Waals surface area contributed by atoms with E-state index < -0.39 is 0 Å². The summed E-state index contributed by atoms with van der Waals surface area (Å²) in [7, 11) is -0.0293. The lowest BCUT2D eigenvalue weighted by atomic mass is 10.4. The van der Waals surface area contributed by atoms with Crippen LogP contribution in [0.3, 0.4) is 0 Å². The third-order valence-corrected chi connectivity index (χ3v) is 5.14. The Hall–Kier alpha value is -0.350. The van der Waals surface area contributed by atoms with Crippen LogP contribution in [0.15, 0.2) is 24.3 Å². The monoisotopic (exact) mass is 193 g/mol. The molecule has 0 aliphatic carbocycles. The van der Waals surface area contributed by atoms with Gasteiger partial charge in [-0.1, -0.05) is 59.9 Å². The van der Waals surface area contributed by atoms with E-state index >= 15 is 0 Å². The zero-order valence-electron chi connectivity index (χ0n) is 8.91. The Balaban J connectivity index is 2.89. The first-order valence-corrected chi connectivity index (χ1v) is 6.36. The standard InChI is InChI=1S/C12H18P/c1-10(2)13(11(3)4)12-8-6-5-7-9-12/h5-8,10-11H,1-4H3. The predicted molar refractivity (Wildman–Crippen MR) is 62.1 cm³/mol. The fourth-order valence-electron chi connectivity index (χ4n) is 1.70. The van der Waals surface area contributed by atoms with Crippen LogP contribution in [0, 0.1) is 6.07 Å². The van der Waals surface area contributed by atoms with Crippen LogP contribution in [0.5, 0.6) is 0 Å². The maximum Gasteiger partial charge on any atom is -0.0100 e. The molecule has 0 aliphatic heterocycles. The molecule has 1 aromatic rings. The van der Waals surface area contributed by atoms with E-state index in [-0.39, 0.29) is 7.92 Å². The average molecular weight is 193 g/mol. The van der Waals surface area contributed by atoms with Crippen LogP contribution in [0.4, 0.5) is 0 Å². The minimum atomic E-state index is -0.0293. The molecule has 0 spiro atoms. The van der Waals surface area contributed by atoms with Gasteiger partial charge in [-0.25, -0.2) is 0 Å². The average Bonchev–Trinajstić information content (AvgIpc) is 2.04. The van der Waals surface area contributed by atoms with Crippen molar-refractivity contribution < 1.29 is 0 Å². The minimum Gasteiger partial charge on any atom is -0.0694 e. The lowest BCUT2D eigenvalue weighted by Gasteiger charge is -2.25. The summed E-state index contributed by atoms with van der Waals surface area (Å²) in [6.07, 6.45) is 0. The number of rotatable bonds is 3. The SMILES string of the molecule is CC(C)P(c1[c]cccc1)C(C)C. The van der Waals surface area contributed by atoms with Gasteiger partial charge in [0.05, 0.1) is 0 Å². The Morgan fingerprint density at radius 1 is 1.08 bits per heavy atom. The smallest absolute Gasteiger partial charge is 0.0100 e. The molecular weight excluding hydrogens is 175 g/mol. The van der Waals surface area contributed by atoms with Crippen molar-refractivity contribution in [3.8, 4) is 0 Å². The maximum absolute atomic E-state index is 3.36. The Bertz CT molecular complexity index is 231. The quantitative estimate of drug-likeness (QED) is 0.645. The summed E-state index contributed by atoms with van der Waals surface area (Å²) in [6, 6.07) is 11.8. The molecule has 0 N–H and O–H groups in total. The van der Waals surface area contributed by atoms with E-state index in [1.807, 2.05) is 12.1 Å². The number of benzene rings is 1. The van der Waals surface area contributed by atoms with Gasteiger partial charge in [0.25, 0.3) is 0 Å². The summed E-state index contributed by atoms with van der Waals surface area (Å²) < 4.78 is 0. The van der Waals surface area contributed by atoms with Crippen molar-refractivity contribution in [1.82, 2.24) is 0 Å². The van der Waals surface area contributed by atoms with Crippen LogP contribution in [0.1, 0.15) is 27.7 Å². The maximum atomic E-state index is 3.36. The first-order chi connectivity index (χ1) is 6.13. The van der Waals surface area contributed by atoms with E-state index in [4.69, 9.17) is 0 Å². The molecule has 0 aromatic heterocycles. The molecule has 0 saturated heterocycles. The Kier molecular flexibility index (Phi) is 3.93. The van der Waals surface area contributed by atoms with Crippen LogP contribution in [-0.2, 0) is 0 Å². The first kappa shape index (κ1) is 10.7. The molecule has 13 heavy (non-hydrogen) atoms. The van der Waals surface area contributed by atoms with Crippen molar-refractivity contribution in [3.63, 3.8) is 0 Å². The van der Waals surface area contributed by atoms with Gasteiger partial charge in [-0.3, -0.25) is 0 Å². The summed E-state index contributed by atoms with van der Waals surface area (Å²) in [6.45, 7) is 9.25. The van der Waals surface area contributed by atoms with Crippen molar-refractivity contribution >= 4 is 13.2 Å². The van der Waals surface area contributed by atoms with Gasteiger partial charge in [0, 0.05) is 0 Å². The Labute approximate surface area is 83.1 Å². The van der Waals surface area contributed by atoms with Gasteiger partial charge < -0.3 is 0 Å². The van der Waals surface area contributed by atoms with Crippen LogP contribution in [-0.4, -0.2) is 11.3 Å². The van der Waals surface area contributed by atoms with Crippen molar-refractivity contribution in [2.45, 2.75) is 39.0 Å². The normalized spacial score (nSPS) is 11.6. The van der Waals surface area contributed by atoms with Crippen molar-refractivity contribution in [3.05, 3.63) is 30.3 Å². The summed E-state index contributed by atoms with van der Waals surface area (Å²) in [5.74, 6) is 0. The minimum absolute atomic E-state index is 0.0293. The predicted octanol–water partition coefficient (Wildman–Crippen LogP) is 3.41. The molecule has 1 radical (unpaired) electrons. The zero-order chi connectivity index (χ0) is 9.84. The van der Waals surface area contributed by atoms with E-state index in [9.17, 15) is 0 Å². The molecule has 0 atom stereocenters. The summed E-state index contributed by atoms with van der Waals surface area (Å²) in [5.41, 5.74) is 1.52. The molecule has 0 saturated carbocycles. The molecule has 1 aromatic carbocycles. The van der Waals surface area contributed by atoms with Crippen molar-refractivity contribution in [2.24, 2.45) is 0 Å². The third kappa shape index (κ3) is 2.81. The van der Waals surface area contributed by atoms with Gasteiger partial charge >= 0.3 is 0 Å². The highest BCUT2D eigenvalue weighted by Gasteiger charge is 2.18. The lowest BCUT2D eigenvalue weighted by molar-refractivity contribution is 1.02. The summed E-state index contributed by atoms with van der Waals surface area (Å²) >= 11 is 0. The molecule has 0 nitrogen and oxygen atoms in total. The molecule has 0 amide bonds. The molecule has 0 heterocycles. The Morgan fingerprint density at radius 3 is 2.08 bits per heavy atom. The highest BCUT2D eigenvalue weighted by molar-refractivity contribution is 7.66. The van der Waals surface area contributed by atoms with Crippen LogP contribution >= 0.6 is 7.92 Å².